The molecule has 1 aromatic rings. The topological polar surface area (TPSA) is 46.3 Å². The Balaban J connectivity index is 3.03. The average molecular weight is 254 g/mol. The van der Waals surface area contributed by atoms with Crippen molar-refractivity contribution in [1.82, 2.24) is 4.90 Å². The second-order valence-electron chi connectivity index (χ2n) is 4.58. The number of nitrogen functional groups attached to an aromatic ring is 1. The van der Waals surface area contributed by atoms with Gasteiger partial charge in [-0.05, 0) is 37.1 Å². The molecule has 0 aliphatic carbocycles. The first-order chi connectivity index (χ1) is 8.01. The summed E-state index contributed by atoms with van der Waals surface area (Å²) in [5.74, 6) is 0.608. The van der Waals surface area contributed by atoms with Crippen molar-refractivity contribution in [2.45, 2.75) is 34.1 Å². The summed E-state index contributed by atoms with van der Waals surface area (Å²) in [6, 6.07) is 0. The lowest BCUT2D eigenvalue weighted by Crippen LogP contribution is -2.31. The Labute approximate surface area is 108 Å². The number of hydrogen-bond donors (Lipinski definition) is 1. The zero-order valence-electron chi connectivity index (χ0n) is 11.1. The molecule has 1 rings (SSSR count). The largest absolute Gasteiger partial charge is 0.390 e. The third kappa shape index (κ3) is 3.22. The zero-order chi connectivity index (χ0) is 13.0. The molecule has 0 radical (unpaired) electrons. The highest BCUT2D eigenvalue weighted by atomic mass is 32.1. The van der Waals surface area contributed by atoms with Gasteiger partial charge in [-0.3, -0.25) is 4.79 Å². The van der Waals surface area contributed by atoms with Crippen molar-refractivity contribution in [1.29, 1.82) is 0 Å². The SMILES string of the molecule is CCN(CC)C(=O)c1c(CC(C)C)csc1N. The molecule has 0 aliphatic rings. The van der Waals surface area contributed by atoms with Crippen LogP contribution in [0.15, 0.2) is 5.38 Å². The number of hydrogen-bond acceptors (Lipinski definition) is 3. The Morgan fingerprint density at radius 2 is 2.00 bits per heavy atom. The molecule has 0 atom stereocenters. The molecule has 96 valence electrons. The third-order valence-corrected chi connectivity index (χ3v) is 3.65. The van der Waals surface area contributed by atoms with Crippen molar-refractivity contribution in [3.05, 3.63) is 16.5 Å². The molecule has 0 spiro atoms. The standard InChI is InChI=1S/C13H22N2OS/c1-5-15(6-2)13(16)11-10(7-9(3)4)8-17-12(11)14/h8-9H,5-7,14H2,1-4H3. The van der Waals surface area contributed by atoms with Gasteiger partial charge >= 0.3 is 0 Å². The molecule has 0 unspecified atom stereocenters. The van der Waals surface area contributed by atoms with E-state index in [4.69, 9.17) is 5.73 Å². The van der Waals surface area contributed by atoms with Gasteiger partial charge in [0.05, 0.1) is 10.6 Å². The molecule has 0 fully saturated rings. The Morgan fingerprint density at radius 3 is 2.47 bits per heavy atom. The van der Waals surface area contributed by atoms with Crippen molar-refractivity contribution >= 4 is 22.2 Å². The average Bonchev–Trinajstić information content (AvgIpc) is 2.60. The molecule has 0 saturated carbocycles. The van der Waals surface area contributed by atoms with Gasteiger partial charge in [0.15, 0.2) is 0 Å². The van der Waals surface area contributed by atoms with Crippen LogP contribution >= 0.6 is 11.3 Å². The first-order valence-corrected chi connectivity index (χ1v) is 7.04. The summed E-state index contributed by atoms with van der Waals surface area (Å²) in [5.41, 5.74) is 7.76. The lowest BCUT2D eigenvalue weighted by molar-refractivity contribution is 0.0773. The van der Waals surface area contributed by atoms with E-state index in [1.807, 2.05) is 24.1 Å². The summed E-state index contributed by atoms with van der Waals surface area (Å²) >= 11 is 1.47. The first-order valence-electron chi connectivity index (χ1n) is 6.16. The molecule has 0 saturated heterocycles. The number of carbonyl (C=O) groups excluding carboxylic acids is 1. The van der Waals surface area contributed by atoms with Crippen molar-refractivity contribution in [3.63, 3.8) is 0 Å². The minimum absolute atomic E-state index is 0.0735. The number of carbonyl (C=O) groups is 1. The Morgan fingerprint density at radius 1 is 1.41 bits per heavy atom. The molecule has 1 aromatic heterocycles. The smallest absolute Gasteiger partial charge is 0.257 e. The van der Waals surface area contributed by atoms with E-state index in [0.717, 1.165) is 30.6 Å². The second-order valence-corrected chi connectivity index (χ2v) is 5.49. The van der Waals surface area contributed by atoms with Crippen LogP contribution in [0.2, 0.25) is 0 Å². The van der Waals surface area contributed by atoms with Crippen LogP contribution < -0.4 is 5.73 Å². The van der Waals surface area contributed by atoms with Gasteiger partial charge in [-0.15, -0.1) is 11.3 Å². The Kier molecular flexibility index (Phi) is 5.00. The second kappa shape index (κ2) is 6.05. The van der Waals surface area contributed by atoms with Gasteiger partial charge in [-0.25, -0.2) is 0 Å². The van der Waals surface area contributed by atoms with E-state index in [0.29, 0.717) is 10.9 Å². The van der Waals surface area contributed by atoms with Crippen LogP contribution in [0, 0.1) is 5.92 Å². The number of thiophene rings is 1. The molecule has 2 N–H and O–H groups in total. The maximum atomic E-state index is 12.3. The Bertz CT molecular complexity index is 381. The normalized spacial score (nSPS) is 10.9. The van der Waals surface area contributed by atoms with Gasteiger partial charge in [-0.1, -0.05) is 13.8 Å². The lowest BCUT2D eigenvalue weighted by Gasteiger charge is -2.19. The number of nitrogens with zero attached hydrogens (tertiary/aromatic N) is 1. The summed E-state index contributed by atoms with van der Waals surface area (Å²) < 4.78 is 0. The summed E-state index contributed by atoms with van der Waals surface area (Å²) in [6.07, 6.45) is 0.913. The van der Waals surface area contributed by atoms with Crippen molar-refractivity contribution < 1.29 is 4.79 Å². The molecular formula is C13H22N2OS. The summed E-state index contributed by atoms with van der Waals surface area (Å²) in [5, 5.41) is 2.67. The van der Waals surface area contributed by atoms with Gasteiger partial charge in [-0.2, -0.15) is 0 Å². The summed E-state index contributed by atoms with van der Waals surface area (Å²) in [6.45, 7) is 9.74. The summed E-state index contributed by atoms with van der Waals surface area (Å²) in [7, 11) is 0. The number of rotatable bonds is 5. The molecule has 4 heteroatoms. The third-order valence-electron chi connectivity index (χ3n) is 2.79. The fraction of sp³-hybridized carbons (Fsp3) is 0.615. The van der Waals surface area contributed by atoms with Crippen molar-refractivity contribution in [2.24, 2.45) is 5.92 Å². The highest BCUT2D eigenvalue weighted by molar-refractivity contribution is 7.14. The fourth-order valence-electron chi connectivity index (χ4n) is 1.91. The van der Waals surface area contributed by atoms with Gasteiger partial charge in [0.25, 0.3) is 5.91 Å². The van der Waals surface area contributed by atoms with Crippen molar-refractivity contribution in [2.75, 3.05) is 18.8 Å². The van der Waals surface area contributed by atoms with Crippen LogP contribution in [0.3, 0.4) is 0 Å². The maximum Gasteiger partial charge on any atom is 0.257 e. The van der Waals surface area contributed by atoms with Crippen LogP contribution in [0.5, 0.6) is 0 Å². The predicted molar refractivity (Wildman–Crippen MR) is 74.5 cm³/mol. The van der Waals surface area contributed by atoms with E-state index in [1.54, 1.807) is 0 Å². The van der Waals surface area contributed by atoms with Gasteiger partial charge in [0.2, 0.25) is 0 Å². The molecule has 1 amide bonds. The van der Waals surface area contributed by atoms with Crippen LogP contribution in [0.25, 0.3) is 0 Å². The lowest BCUT2D eigenvalue weighted by atomic mass is 10.0. The van der Waals surface area contributed by atoms with Crippen LogP contribution in [0.1, 0.15) is 43.6 Å². The summed E-state index contributed by atoms with van der Waals surface area (Å²) in [4.78, 5) is 14.2. The quantitative estimate of drug-likeness (QED) is 0.878. The number of anilines is 1. The molecule has 17 heavy (non-hydrogen) atoms. The molecule has 0 aliphatic heterocycles. The zero-order valence-corrected chi connectivity index (χ0v) is 11.9. The van der Waals surface area contributed by atoms with Gasteiger partial charge < -0.3 is 10.6 Å². The monoisotopic (exact) mass is 254 g/mol. The number of nitrogens with two attached hydrogens (primary N) is 1. The highest BCUT2D eigenvalue weighted by Gasteiger charge is 2.21. The van der Waals surface area contributed by atoms with Crippen LogP contribution in [-0.2, 0) is 6.42 Å². The molecular weight excluding hydrogens is 232 g/mol. The molecule has 0 bridgehead atoms. The Hall–Kier alpha value is -1.03. The highest BCUT2D eigenvalue weighted by Crippen LogP contribution is 2.28. The van der Waals surface area contributed by atoms with Crippen LogP contribution in [-0.4, -0.2) is 23.9 Å². The van der Waals surface area contributed by atoms with E-state index in [9.17, 15) is 4.79 Å². The van der Waals surface area contributed by atoms with E-state index in [1.165, 1.54) is 11.3 Å². The van der Waals surface area contributed by atoms with Gasteiger partial charge in [0, 0.05) is 13.1 Å². The first kappa shape index (κ1) is 14.0. The molecule has 3 nitrogen and oxygen atoms in total. The minimum Gasteiger partial charge on any atom is -0.390 e. The van der Waals surface area contributed by atoms with Crippen LogP contribution in [0.4, 0.5) is 5.00 Å². The van der Waals surface area contributed by atoms with Crippen molar-refractivity contribution in [3.8, 4) is 0 Å². The fourth-order valence-corrected chi connectivity index (χ4v) is 2.73. The minimum atomic E-state index is 0.0735. The van der Waals surface area contributed by atoms with E-state index in [-0.39, 0.29) is 5.91 Å². The van der Waals surface area contributed by atoms with E-state index in [2.05, 4.69) is 13.8 Å². The van der Waals surface area contributed by atoms with E-state index < -0.39 is 0 Å². The van der Waals surface area contributed by atoms with E-state index >= 15 is 0 Å². The maximum absolute atomic E-state index is 12.3. The van der Waals surface area contributed by atoms with Gasteiger partial charge in [0.1, 0.15) is 0 Å². The molecule has 1 heterocycles. The predicted octanol–water partition coefficient (Wildman–Crippen LogP) is 3.01. The molecule has 0 aromatic carbocycles. The number of amides is 1.